The number of hydrogen-bond acceptors (Lipinski definition) is 14. The number of pyridine rings is 6. The third kappa shape index (κ3) is 18.6. The van der Waals surface area contributed by atoms with E-state index in [9.17, 15) is 34.5 Å². The second-order valence-electron chi connectivity index (χ2n) is 20.7. The Morgan fingerprint density at radius 3 is 0.714 bits per heavy atom. The molecule has 0 unspecified atom stereocenters. The number of rotatable bonds is 20. The molecule has 0 saturated carbocycles. The molecule has 0 N–H and O–H groups in total. The Morgan fingerprint density at radius 2 is 0.520 bits per heavy atom. The second kappa shape index (κ2) is 33.5. The molecule has 14 rings (SSSR count). The van der Waals surface area contributed by atoms with Gasteiger partial charge < -0.3 is 44.0 Å². The van der Waals surface area contributed by atoms with E-state index in [1.165, 1.54) is 0 Å². The molecule has 32 heteroatoms. The van der Waals surface area contributed by atoms with Crippen molar-refractivity contribution in [3.8, 4) is 67.8 Å². The average molecular weight is 1520 g/mol. The smallest absolute Gasteiger partial charge is 0.418 e. The molecular formula is C66H54Ag2B2F8N18O2. The summed E-state index contributed by atoms with van der Waals surface area (Å²) in [5.74, 6) is -1.89. The fourth-order valence-corrected chi connectivity index (χ4v) is 10.1. The molecule has 0 amide bonds. The molecule has 12 aromatic heterocycles. The second-order valence-corrected chi connectivity index (χ2v) is 20.7. The van der Waals surface area contributed by atoms with Crippen LogP contribution < -0.4 is 0 Å². The summed E-state index contributed by atoms with van der Waals surface area (Å²) < 4.78 is 102. The number of benzene rings is 2. The molecule has 0 spiro atoms. The Labute approximate surface area is 586 Å². The van der Waals surface area contributed by atoms with Crippen molar-refractivity contribution in [2.75, 3.05) is 13.2 Å². The summed E-state index contributed by atoms with van der Waals surface area (Å²) >= 11 is 0. The van der Waals surface area contributed by atoms with Crippen LogP contribution in [-0.4, -0.2) is 116 Å². The van der Waals surface area contributed by atoms with Crippen molar-refractivity contribution in [3.05, 3.63) is 292 Å². The van der Waals surface area contributed by atoms with Gasteiger partial charge in [0.15, 0.2) is 0 Å². The fraction of sp³-hybridized carbons (Fsp3) is 0.0909. The van der Waals surface area contributed by atoms with E-state index in [1.807, 2.05) is 146 Å². The Balaban J connectivity index is 0.000000198. The monoisotopic (exact) mass is 1520 g/mol. The summed E-state index contributed by atoms with van der Waals surface area (Å²) in [5.41, 5.74) is 12.6. The predicted octanol–water partition coefficient (Wildman–Crippen LogP) is 13.4. The van der Waals surface area contributed by atoms with Crippen molar-refractivity contribution in [2.45, 2.75) is 24.8 Å². The van der Waals surface area contributed by atoms with Crippen LogP contribution in [-0.2, 0) is 79.0 Å². The fourth-order valence-electron chi connectivity index (χ4n) is 10.1. The van der Waals surface area contributed by atoms with Crippen LogP contribution in [0.25, 0.3) is 67.8 Å². The molecule has 0 fully saturated rings. The molecule has 0 saturated heterocycles. The van der Waals surface area contributed by atoms with Gasteiger partial charge in [-0.1, -0.05) is 72.8 Å². The summed E-state index contributed by atoms with van der Waals surface area (Å²) in [4.78, 5) is 27.8. The first kappa shape index (κ1) is 71.9. The maximum Gasteiger partial charge on any atom is 1.00 e. The largest absolute Gasteiger partial charge is 1.00 e. The van der Waals surface area contributed by atoms with E-state index in [2.05, 4.69) is 123 Å². The molecule has 14 aromatic rings. The third-order valence-electron chi connectivity index (χ3n) is 14.3. The first-order valence-electron chi connectivity index (χ1n) is 29.4. The molecule has 12 heterocycles. The van der Waals surface area contributed by atoms with Crippen LogP contribution >= 0.6 is 0 Å². The van der Waals surface area contributed by atoms with Crippen molar-refractivity contribution in [1.29, 1.82) is 0 Å². The van der Waals surface area contributed by atoms with Crippen molar-refractivity contribution in [1.82, 2.24) is 88.6 Å². The van der Waals surface area contributed by atoms with Gasteiger partial charge in [-0.3, -0.25) is 19.9 Å². The maximum atomic E-state index is 9.75. The van der Waals surface area contributed by atoms with E-state index in [0.717, 1.165) is 78.9 Å². The zero-order valence-electron chi connectivity index (χ0n) is 51.0. The van der Waals surface area contributed by atoms with Crippen LogP contribution in [0.15, 0.2) is 281 Å². The van der Waals surface area contributed by atoms with Crippen molar-refractivity contribution < 1.29 is 88.8 Å². The normalized spacial score (nSPS) is 11.3. The molecule has 0 aliphatic carbocycles. The summed E-state index contributed by atoms with van der Waals surface area (Å²) in [6.45, 7) is 1.26. The van der Waals surface area contributed by atoms with E-state index in [-0.39, 0.29) is 58.0 Å². The zero-order valence-corrected chi connectivity index (χ0v) is 54.0. The molecule has 0 bridgehead atoms. The van der Waals surface area contributed by atoms with Gasteiger partial charge in [-0.25, -0.2) is 38.1 Å². The van der Waals surface area contributed by atoms with Gasteiger partial charge in [0.05, 0.1) is 58.8 Å². The van der Waals surface area contributed by atoms with Gasteiger partial charge in [0.2, 0.25) is 0 Å². The molecule has 98 heavy (non-hydrogen) atoms. The van der Waals surface area contributed by atoms with E-state index < -0.39 is 26.1 Å². The molecule has 0 aliphatic heterocycles. The van der Waals surface area contributed by atoms with Crippen LogP contribution in [0.2, 0.25) is 0 Å². The van der Waals surface area contributed by atoms with Crippen LogP contribution in [0, 0.1) is 0 Å². The molecule has 0 aliphatic rings. The molecule has 504 valence electrons. The van der Waals surface area contributed by atoms with Gasteiger partial charge >= 0.3 is 59.3 Å². The van der Waals surface area contributed by atoms with Gasteiger partial charge in [-0.05, 0) is 143 Å². The number of nitrogens with zero attached hydrogens (tertiary/aromatic N) is 18. The zero-order chi connectivity index (χ0) is 66.8. The minimum absolute atomic E-state index is 0. The SMILES string of the molecule is F[B-](F)(F)F.F[B-](F)(F)F.[Ag+].[Ag+].c1ccc(-c2cc(-c3ccc(COCC(n4cccn4)(n4cccn4)n4cccn4)cc3)cc(-c3ccccn3)n2)nc1.c1ccc(-c2cc(-c3ccc(COCC(n4cccn4)(n4cccn4)n4cccn4)cc3)cc(-c3ccccn3)n2)nc1. The molecule has 20 nitrogen and oxygen atoms in total. The van der Waals surface area contributed by atoms with Gasteiger partial charge in [0.25, 0.3) is 11.6 Å². The summed E-state index contributed by atoms with van der Waals surface area (Å²) in [6, 6.07) is 59.5. The third-order valence-corrected chi connectivity index (χ3v) is 14.3. The van der Waals surface area contributed by atoms with E-state index in [1.54, 1.807) is 90.1 Å². The Bertz CT molecular complexity index is 3990. The van der Waals surface area contributed by atoms with Crippen LogP contribution in [0.4, 0.5) is 34.5 Å². The van der Waals surface area contributed by atoms with Gasteiger partial charge in [-0.15, -0.1) is 0 Å². The predicted molar refractivity (Wildman–Crippen MR) is 343 cm³/mol. The maximum absolute atomic E-state index is 9.75. The van der Waals surface area contributed by atoms with Crippen LogP contribution in [0.1, 0.15) is 11.1 Å². The number of halogens is 8. The Kier molecular flexibility index (Phi) is 24.6. The minimum Gasteiger partial charge on any atom is -0.418 e. The van der Waals surface area contributed by atoms with Gasteiger partial charge in [0.1, 0.15) is 13.2 Å². The molecular weight excluding hydrogens is 1470 g/mol. The topological polar surface area (TPSA) is 203 Å². The molecule has 2 aromatic carbocycles. The number of aromatic nitrogens is 18. The summed E-state index contributed by atoms with van der Waals surface area (Å²) in [7, 11) is -12.0. The quantitative estimate of drug-likeness (QED) is 0.0515. The standard InChI is InChI=1S/2C33H27N9O.2Ag.2BF4/c2*1-3-14-34-29(8-1)31-22-28(23-32(39-31)30-9-2-4-15-35-30)27-12-10-26(11-13-27)24-43-25-33(40-19-5-16-36-40,41-20-6-17-37-41)42-21-7-18-38-42;;;2*2-1(3,4)5/h2*1-23H,24-25H2;;;;/q;;2*+1;2*-1. The van der Waals surface area contributed by atoms with E-state index in [0.29, 0.717) is 13.2 Å². The Morgan fingerprint density at radius 1 is 0.286 bits per heavy atom. The van der Waals surface area contributed by atoms with Crippen molar-refractivity contribution in [2.24, 2.45) is 0 Å². The van der Waals surface area contributed by atoms with Crippen molar-refractivity contribution in [3.63, 3.8) is 0 Å². The van der Waals surface area contributed by atoms with Crippen molar-refractivity contribution >= 4 is 14.5 Å². The van der Waals surface area contributed by atoms with E-state index >= 15 is 0 Å². The van der Waals surface area contributed by atoms with E-state index in [4.69, 9.17) is 19.4 Å². The van der Waals surface area contributed by atoms with Gasteiger partial charge in [-0.2, -0.15) is 30.6 Å². The number of ether oxygens (including phenoxy) is 2. The summed E-state index contributed by atoms with van der Waals surface area (Å²) in [6.07, 6.45) is 28.8. The molecule has 0 atom stereocenters. The first-order chi connectivity index (χ1) is 46.6. The average Bonchev–Trinajstić information content (AvgIpc) is 1.58. The minimum atomic E-state index is -6.00. The number of hydrogen-bond donors (Lipinski definition) is 0. The van der Waals surface area contributed by atoms with Crippen LogP contribution in [0.5, 0.6) is 0 Å². The summed E-state index contributed by atoms with van der Waals surface area (Å²) in [5, 5.41) is 27.2. The van der Waals surface area contributed by atoms with Crippen LogP contribution in [0.3, 0.4) is 0 Å². The molecule has 0 radical (unpaired) electrons. The van der Waals surface area contributed by atoms with Gasteiger partial charge in [0, 0.05) is 99.1 Å². The first-order valence-corrected chi connectivity index (χ1v) is 29.4. The Hall–Kier alpha value is -10.4.